The lowest BCUT2D eigenvalue weighted by molar-refractivity contribution is -0.167. The van der Waals surface area contributed by atoms with Crippen LogP contribution >= 0.6 is 0 Å². The summed E-state index contributed by atoms with van der Waals surface area (Å²) in [5.74, 6) is -0.944. The summed E-state index contributed by atoms with van der Waals surface area (Å²) in [7, 11) is 0. The van der Waals surface area contributed by atoms with Crippen molar-refractivity contribution in [3.63, 3.8) is 0 Å². The van der Waals surface area contributed by atoms with Crippen molar-refractivity contribution in [3.8, 4) is 0 Å². The standard InChI is InChI=1S/C54H92O6/c1-4-7-10-13-16-19-21-23-25-26-27-28-30-31-33-35-38-41-44-47-53(56)59-50-51(49-58-52(55)46-43-40-37-18-15-12-9-6-3)60-54(57)48-45-42-39-36-34-32-29-24-22-20-17-14-11-8-5-2/h8,11,16-17,19-20,23-25,29,34,36,51H,4-7,9-10,12-15,18,21-22,26-28,30-33,35,37-50H2,1-3H3/b11-8-,19-16-,20-17-,25-23-,29-24-,36-34-. The second-order valence-electron chi connectivity index (χ2n) is 16.3. The van der Waals surface area contributed by atoms with Gasteiger partial charge in [0.1, 0.15) is 13.2 Å². The average Bonchev–Trinajstić information content (AvgIpc) is 3.24. The van der Waals surface area contributed by atoms with Crippen LogP contribution in [0.25, 0.3) is 0 Å². The highest BCUT2D eigenvalue weighted by Crippen LogP contribution is 2.14. The summed E-state index contributed by atoms with van der Waals surface area (Å²) in [6.45, 7) is 6.42. The SMILES string of the molecule is CC/C=C\C/C=C\C/C=C\C/C=C\CCCCC(=O)OC(COC(=O)CCCCCCCCCC)COC(=O)CCCCCCCCCCC/C=C\C/C=C\CCCCC. The zero-order valence-corrected chi connectivity index (χ0v) is 39.2. The highest BCUT2D eigenvalue weighted by molar-refractivity contribution is 5.71. The number of ether oxygens (including phenoxy) is 3. The monoisotopic (exact) mass is 837 g/mol. The van der Waals surface area contributed by atoms with Gasteiger partial charge in [-0.2, -0.15) is 0 Å². The molecule has 0 heterocycles. The van der Waals surface area contributed by atoms with Gasteiger partial charge in [-0.15, -0.1) is 0 Å². The van der Waals surface area contributed by atoms with Crippen molar-refractivity contribution in [1.29, 1.82) is 0 Å². The second-order valence-corrected chi connectivity index (χ2v) is 16.3. The van der Waals surface area contributed by atoms with Crippen molar-refractivity contribution < 1.29 is 28.6 Å². The molecule has 6 heteroatoms. The van der Waals surface area contributed by atoms with Crippen LogP contribution in [0.5, 0.6) is 0 Å². The molecule has 0 amide bonds. The summed E-state index contributed by atoms with van der Waals surface area (Å²) in [4.78, 5) is 37.8. The smallest absolute Gasteiger partial charge is 0.306 e. The van der Waals surface area contributed by atoms with Gasteiger partial charge in [-0.3, -0.25) is 14.4 Å². The van der Waals surface area contributed by atoms with E-state index in [-0.39, 0.29) is 37.5 Å². The Kier molecular flexibility index (Phi) is 46.0. The molecule has 0 spiro atoms. The molecule has 1 atom stereocenters. The number of esters is 3. The van der Waals surface area contributed by atoms with Gasteiger partial charge < -0.3 is 14.2 Å². The number of unbranched alkanes of at least 4 members (excludes halogenated alkanes) is 21. The Morgan fingerprint density at radius 3 is 1.08 bits per heavy atom. The minimum absolute atomic E-state index is 0.0929. The molecule has 0 rings (SSSR count). The summed E-state index contributed by atoms with van der Waals surface area (Å²) in [6, 6.07) is 0. The van der Waals surface area contributed by atoms with E-state index in [1.54, 1.807) is 0 Å². The maximum Gasteiger partial charge on any atom is 0.306 e. The van der Waals surface area contributed by atoms with Crippen LogP contribution in [0.2, 0.25) is 0 Å². The Labute approximate surface area is 370 Å². The van der Waals surface area contributed by atoms with Gasteiger partial charge >= 0.3 is 17.9 Å². The van der Waals surface area contributed by atoms with Gasteiger partial charge in [-0.05, 0) is 89.9 Å². The van der Waals surface area contributed by atoms with Gasteiger partial charge in [0.2, 0.25) is 0 Å². The summed E-state index contributed by atoms with van der Waals surface area (Å²) < 4.78 is 16.7. The summed E-state index contributed by atoms with van der Waals surface area (Å²) in [5.41, 5.74) is 0. The van der Waals surface area contributed by atoms with Crippen molar-refractivity contribution in [3.05, 3.63) is 72.9 Å². The third-order valence-electron chi connectivity index (χ3n) is 10.4. The minimum Gasteiger partial charge on any atom is -0.462 e. The minimum atomic E-state index is -0.795. The van der Waals surface area contributed by atoms with E-state index in [9.17, 15) is 14.4 Å². The fourth-order valence-corrected chi connectivity index (χ4v) is 6.70. The molecule has 0 radical (unpaired) electrons. The van der Waals surface area contributed by atoms with Gasteiger partial charge in [0.05, 0.1) is 0 Å². The summed E-state index contributed by atoms with van der Waals surface area (Å²) in [5, 5.41) is 0. The highest BCUT2D eigenvalue weighted by atomic mass is 16.6. The Bertz CT molecular complexity index is 1140. The molecule has 344 valence electrons. The first-order valence-electron chi connectivity index (χ1n) is 24.9. The molecule has 0 aromatic carbocycles. The summed E-state index contributed by atoms with van der Waals surface area (Å²) in [6.07, 6.45) is 60.4. The quantitative estimate of drug-likeness (QED) is 0.0263. The normalized spacial score (nSPS) is 12.7. The summed E-state index contributed by atoms with van der Waals surface area (Å²) >= 11 is 0. The average molecular weight is 837 g/mol. The van der Waals surface area contributed by atoms with E-state index in [0.717, 1.165) is 83.5 Å². The largest absolute Gasteiger partial charge is 0.462 e. The number of hydrogen-bond donors (Lipinski definition) is 0. The maximum absolute atomic E-state index is 12.7. The Balaban J connectivity index is 4.35. The molecule has 6 nitrogen and oxygen atoms in total. The number of carbonyl (C=O) groups is 3. The molecule has 0 saturated heterocycles. The molecule has 0 N–H and O–H groups in total. The molecule has 0 aliphatic rings. The fraction of sp³-hybridized carbons (Fsp3) is 0.722. The molecular weight excluding hydrogens is 745 g/mol. The third-order valence-corrected chi connectivity index (χ3v) is 10.4. The van der Waals surface area contributed by atoms with Crippen LogP contribution in [0, 0.1) is 0 Å². The van der Waals surface area contributed by atoms with Crippen molar-refractivity contribution in [2.45, 2.75) is 239 Å². The number of hydrogen-bond acceptors (Lipinski definition) is 6. The first-order valence-corrected chi connectivity index (χ1v) is 24.9. The van der Waals surface area contributed by atoms with Crippen molar-refractivity contribution in [1.82, 2.24) is 0 Å². The number of rotatable bonds is 44. The maximum atomic E-state index is 12.7. The second kappa shape index (κ2) is 48.5. The highest BCUT2D eigenvalue weighted by Gasteiger charge is 2.19. The van der Waals surface area contributed by atoms with Crippen LogP contribution in [-0.4, -0.2) is 37.2 Å². The van der Waals surface area contributed by atoms with E-state index in [2.05, 4.69) is 93.7 Å². The predicted molar refractivity (Wildman–Crippen MR) is 256 cm³/mol. The topological polar surface area (TPSA) is 78.9 Å². The lowest BCUT2D eigenvalue weighted by Crippen LogP contribution is -2.30. The molecule has 0 aromatic heterocycles. The Morgan fingerprint density at radius 1 is 0.350 bits per heavy atom. The lowest BCUT2D eigenvalue weighted by atomic mass is 10.1. The molecular formula is C54H92O6. The molecule has 0 saturated carbocycles. The predicted octanol–water partition coefficient (Wildman–Crippen LogP) is 16.3. The zero-order chi connectivity index (χ0) is 43.7. The van der Waals surface area contributed by atoms with Crippen LogP contribution in [0.1, 0.15) is 233 Å². The van der Waals surface area contributed by atoms with Gasteiger partial charge in [-0.25, -0.2) is 0 Å². The fourth-order valence-electron chi connectivity index (χ4n) is 6.70. The van der Waals surface area contributed by atoms with Crippen LogP contribution < -0.4 is 0 Å². The molecule has 0 aromatic rings. The number of carbonyl (C=O) groups excluding carboxylic acids is 3. The van der Waals surface area contributed by atoms with E-state index in [0.29, 0.717) is 19.3 Å². The van der Waals surface area contributed by atoms with Gasteiger partial charge in [-0.1, -0.05) is 196 Å². The van der Waals surface area contributed by atoms with E-state index in [1.807, 2.05) is 0 Å². The van der Waals surface area contributed by atoms with E-state index >= 15 is 0 Å². The van der Waals surface area contributed by atoms with Crippen LogP contribution in [0.15, 0.2) is 72.9 Å². The first kappa shape index (κ1) is 56.9. The van der Waals surface area contributed by atoms with Crippen molar-refractivity contribution >= 4 is 17.9 Å². The third kappa shape index (κ3) is 45.9. The first-order chi connectivity index (χ1) is 29.5. The molecule has 0 aliphatic carbocycles. The molecule has 1 unspecified atom stereocenters. The van der Waals surface area contributed by atoms with Crippen molar-refractivity contribution in [2.75, 3.05) is 13.2 Å². The lowest BCUT2D eigenvalue weighted by Gasteiger charge is -2.18. The van der Waals surface area contributed by atoms with Crippen LogP contribution in [0.3, 0.4) is 0 Å². The Hall–Kier alpha value is -3.15. The van der Waals surface area contributed by atoms with Crippen molar-refractivity contribution in [2.24, 2.45) is 0 Å². The molecule has 0 aliphatic heterocycles. The zero-order valence-electron chi connectivity index (χ0n) is 39.2. The molecule has 60 heavy (non-hydrogen) atoms. The van der Waals surface area contributed by atoms with E-state index in [1.165, 1.54) is 103 Å². The van der Waals surface area contributed by atoms with Gasteiger partial charge in [0.15, 0.2) is 6.10 Å². The van der Waals surface area contributed by atoms with Gasteiger partial charge in [0.25, 0.3) is 0 Å². The van der Waals surface area contributed by atoms with Gasteiger partial charge in [0, 0.05) is 19.3 Å². The van der Waals surface area contributed by atoms with E-state index < -0.39 is 6.10 Å². The Morgan fingerprint density at radius 2 is 0.650 bits per heavy atom. The van der Waals surface area contributed by atoms with Crippen LogP contribution in [-0.2, 0) is 28.6 Å². The molecule has 0 fully saturated rings. The molecule has 0 bridgehead atoms. The number of allylic oxidation sites excluding steroid dienone is 12. The van der Waals surface area contributed by atoms with E-state index in [4.69, 9.17) is 14.2 Å². The van der Waals surface area contributed by atoms with Crippen LogP contribution in [0.4, 0.5) is 0 Å².